The Morgan fingerprint density at radius 2 is 1.67 bits per heavy atom. The molecular formula is C15H13ClF3NO. The maximum absolute atomic E-state index is 13.8. The van der Waals surface area contributed by atoms with Gasteiger partial charge in [0.15, 0.2) is 17.4 Å². The third-order valence-electron chi connectivity index (χ3n) is 2.88. The number of ether oxygens (including phenoxy) is 1. The summed E-state index contributed by atoms with van der Waals surface area (Å²) in [6.07, 6.45) is 0.361. The van der Waals surface area contributed by atoms with E-state index in [9.17, 15) is 13.2 Å². The van der Waals surface area contributed by atoms with Crippen molar-refractivity contribution in [1.29, 1.82) is 0 Å². The standard InChI is InChI=1S/C15H13ClF3NO/c16-11-2-1-10(12(17)7-11)8-21-15-13(18)5-9(3-4-20)6-14(15)19/h1-2,5-7H,3-4,8,20H2. The Labute approximate surface area is 125 Å². The van der Waals surface area contributed by atoms with Crippen LogP contribution in [-0.4, -0.2) is 6.54 Å². The highest BCUT2D eigenvalue weighted by molar-refractivity contribution is 6.30. The van der Waals surface area contributed by atoms with E-state index in [0.717, 1.165) is 18.2 Å². The van der Waals surface area contributed by atoms with Crippen molar-refractivity contribution in [1.82, 2.24) is 0 Å². The summed E-state index contributed by atoms with van der Waals surface area (Å²) in [4.78, 5) is 0. The predicted octanol–water partition coefficient (Wildman–Crippen LogP) is 3.84. The van der Waals surface area contributed by atoms with Crippen LogP contribution in [-0.2, 0) is 13.0 Å². The van der Waals surface area contributed by atoms with Gasteiger partial charge in [0.05, 0.1) is 0 Å². The smallest absolute Gasteiger partial charge is 0.191 e. The topological polar surface area (TPSA) is 35.2 Å². The van der Waals surface area contributed by atoms with Crippen LogP contribution >= 0.6 is 11.6 Å². The second-order valence-corrected chi connectivity index (χ2v) is 4.89. The van der Waals surface area contributed by atoms with Crippen LogP contribution in [0.2, 0.25) is 5.02 Å². The number of hydrogen-bond acceptors (Lipinski definition) is 2. The summed E-state index contributed by atoms with van der Waals surface area (Å²) in [5, 5.41) is 0.236. The number of benzene rings is 2. The van der Waals surface area contributed by atoms with E-state index in [2.05, 4.69) is 0 Å². The lowest BCUT2D eigenvalue weighted by atomic mass is 10.1. The fourth-order valence-corrected chi connectivity index (χ4v) is 2.01. The van der Waals surface area contributed by atoms with Crippen LogP contribution in [0.5, 0.6) is 5.75 Å². The molecule has 0 aliphatic rings. The molecule has 2 nitrogen and oxygen atoms in total. The lowest BCUT2D eigenvalue weighted by Gasteiger charge is -2.10. The minimum atomic E-state index is -0.840. The number of hydrogen-bond donors (Lipinski definition) is 1. The molecule has 0 unspecified atom stereocenters. The largest absolute Gasteiger partial charge is 0.483 e. The normalized spacial score (nSPS) is 10.7. The average molecular weight is 316 g/mol. The molecule has 2 aromatic rings. The van der Waals surface area contributed by atoms with Gasteiger partial charge in [-0.15, -0.1) is 0 Å². The van der Waals surface area contributed by atoms with Crippen LogP contribution in [0, 0.1) is 17.5 Å². The summed E-state index contributed by atoms with van der Waals surface area (Å²) in [5.74, 6) is -2.81. The van der Waals surface area contributed by atoms with E-state index in [1.54, 1.807) is 0 Å². The average Bonchev–Trinajstić information content (AvgIpc) is 2.40. The van der Waals surface area contributed by atoms with Gasteiger partial charge in [-0.2, -0.15) is 0 Å². The molecule has 0 fully saturated rings. The highest BCUT2D eigenvalue weighted by Crippen LogP contribution is 2.25. The van der Waals surface area contributed by atoms with E-state index in [1.165, 1.54) is 12.1 Å². The molecule has 6 heteroatoms. The summed E-state index contributed by atoms with van der Waals surface area (Å²) >= 11 is 5.62. The van der Waals surface area contributed by atoms with Crippen molar-refractivity contribution in [2.75, 3.05) is 6.54 Å². The lowest BCUT2D eigenvalue weighted by molar-refractivity contribution is 0.269. The Balaban J connectivity index is 2.16. The molecule has 0 aliphatic carbocycles. The van der Waals surface area contributed by atoms with Gasteiger partial charge in [-0.1, -0.05) is 17.7 Å². The van der Waals surface area contributed by atoms with Gasteiger partial charge in [-0.05, 0) is 42.8 Å². The fourth-order valence-electron chi connectivity index (χ4n) is 1.85. The van der Waals surface area contributed by atoms with Crippen LogP contribution in [0.15, 0.2) is 30.3 Å². The molecule has 0 aromatic heterocycles. The molecule has 112 valence electrons. The maximum Gasteiger partial charge on any atom is 0.191 e. The summed E-state index contributed by atoms with van der Waals surface area (Å²) in [5.41, 5.74) is 5.93. The van der Waals surface area contributed by atoms with Crippen molar-refractivity contribution in [3.8, 4) is 5.75 Å². The number of rotatable bonds is 5. The first kappa shape index (κ1) is 15.7. The van der Waals surface area contributed by atoms with E-state index >= 15 is 0 Å². The van der Waals surface area contributed by atoms with Crippen molar-refractivity contribution >= 4 is 11.6 Å². The van der Waals surface area contributed by atoms with Gasteiger partial charge >= 0.3 is 0 Å². The minimum absolute atomic E-state index is 0.157. The van der Waals surface area contributed by atoms with Gasteiger partial charge in [0.2, 0.25) is 0 Å². The minimum Gasteiger partial charge on any atom is -0.483 e. The van der Waals surface area contributed by atoms with E-state index < -0.39 is 23.2 Å². The molecule has 21 heavy (non-hydrogen) atoms. The van der Waals surface area contributed by atoms with E-state index in [0.29, 0.717) is 12.0 Å². The highest BCUT2D eigenvalue weighted by Gasteiger charge is 2.14. The van der Waals surface area contributed by atoms with Crippen molar-refractivity contribution in [2.45, 2.75) is 13.0 Å². The first-order valence-corrected chi connectivity index (χ1v) is 6.63. The molecule has 2 aromatic carbocycles. The molecule has 0 atom stereocenters. The van der Waals surface area contributed by atoms with E-state index in [4.69, 9.17) is 22.1 Å². The quantitative estimate of drug-likeness (QED) is 0.910. The molecule has 0 saturated carbocycles. The highest BCUT2D eigenvalue weighted by atomic mass is 35.5. The molecule has 0 bridgehead atoms. The van der Waals surface area contributed by atoms with Crippen LogP contribution in [0.3, 0.4) is 0 Å². The Morgan fingerprint density at radius 3 is 2.24 bits per heavy atom. The molecule has 2 N–H and O–H groups in total. The van der Waals surface area contributed by atoms with E-state index in [-0.39, 0.29) is 23.7 Å². The van der Waals surface area contributed by atoms with Gasteiger partial charge < -0.3 is 10.5 Å². The lowest BCUT2D eigenvalue weighted by Crippen LogP contribution is -2.06. The van der Waals surface area contributed by atoms with E-state index in [1.807, 2.05) is 0 Å². The SMILES string of the molecule is NCCc1cc(F)c(OCc2ccc(Cl)cc2F)c(F)c1. The van der Waals surface area contributed by atoms with Gasteiger partial charge in [-0.25, -0.2) is 13.2 Å². The summed E-state index contributed by atoms with van der Waals surface area (Å²) in [6.45, 7) is -0.0118. The molecule has 0 amide bonds. The predicted molar refractivity (Wildman–Crippen MR) is 74.9 cm³/mol. The van der Waals surface area contributed by atoms with Crippen molar-refractivity contribution < 1.29 is 17.9 Å². The maximum atomic E-state index is 13.8. The molecule has 0 spiro atoms. The number of halogens is 4. The van der Waals surface area contributed by atoms with Gasteiger partial charge in [0.1, 0.15) is 12.4 Å². The third kappa shape index (κ3) is 3.89. The number of nitrogens with two attached hydrogens (primary N) is 1. The summed E-state index contributed by atoms with van der Waals surface area (Å²) < 4.78 is 46.2. The Kier molecular flexibility index (Phi) is 5.09. The van der Waals surface area contributed by atoms with Crippen LogP contribution in [0.1, 0.15) is 11.1 Å². The molecule has 0 saturated heterocycles. The first-order chi connectivity index (χ1) is 10.0. The second kappa shape index (κ2) is 6.83. The molecule has 0 radical (unpaired) electrons. The van der Waals surface area contributed by atoms with Gasteiger partial charge in [0, 0.05) is 10.6 Å². The monoisotopic (exact) mass is 315 g/mol. The zero-order valence-electron chi connectivity index (χ0n) is 11.0. The molecule has 0 aliphatic heterocycles. The zero-order valence-corrected chi connectivity index (χ0v) is 11.8. The fraction of sp³-hybridized carbons (Fsp3) is 0.200. The second-order valence-electron chi connectivity index (χ2n) is 4.45. The van der Waals surface area contributed by atoms with Crippen molar-refractivity contribution in [2.24, 2.45) is 5.73 Å². The molecule has 2 rings (SSSR count). The zero-order chi connectivity index (χ0) is 15.4. The summed E-state index contributed by atoms with van der Waals surface area (Å²) in [6, 6.07) is 6.29. The molecule has 0 heterocycles. The van der Waals surface area contributed by atoms with Crippen LogP contribution < -0.4 is 10.5 Å². The third-order valence-corrected chi connectivity index (χ3v) is 3.11. The van der Waals surface area contributed by atoms with Crippen LogP contribution in [0.4, 0.5) is 13.2 Å². The summed E-state index contributed by atoms with van der Waals surface area (Å²) in [7, 11) is 0. The van der Waals surface area contributed by atoms with Crippen LogP contribution in [0.25, 0.3) is 0 Å². The van der Waals surface area contributed by atoms with Crippen molar-refractivity contribution in [3.63, 3.8) is 0 Å². The van der Waals surface area contributed by atoms with Gasteiger partial charge in [0.25, 0.3) is 0 Å². The van der Waals surface area contributed by atoms with Gasteiger partial charge in [-0.3, -0.25) is 0 Å². The Bertz CT molecular complexity index is 626. The Morgan fingerprint density at radius 1 is 1.00 bits per heavy atom. The van der Waals surface area contributed by atoms with Crippen molar-refractivity contribution in [3.05, 3.63) is 63.9 Å². The molecular weight excluding hydrogens is 303 g/mol. The Hall–Kier alpha value is -1.72. The first-order valence-electron chi connectivity index (χ1n) is 6.26.